The van der Waals surface area contributed by atoms with Gasteiger partial charge in [-0.05, 0) is 56.0 Å². The Kier molecular flexibility index (Phi) is 27.9. The van der Waals surface area contributed by atoms with Crippen LogP contribution in [0.25, 0.3) is 0 Å². The summed E-state index contributed by atoms with van der Waals surface area (Å²) in [5.41, 5.74) is 3.83. The number of aliphatic hydroxyl groups is 1. The van der Waals surface area contributed by atoms with E-state index in [0.717, 1.165) is 33.9 Å². The number of hydrogen-bond acceptors (Lipinski definition) is 21. The van der Waals surface area contributed by atoms with Gasteiger partial charge in [0.1, 0.15) is 67.1 Å². The van der Waals surface area contributed by atoms with Crippen LogP contribution in [0.4, 0.5) is 4.79 Å². The lowest BCUT2D eigenvalue weighted by atomic mass is 9.88. The van der Waals surface area contributed by atoms with Crippen molar-refractivity contribution in [1.29, 1.82) is 0 Å². The summed E-state index contributed by atoms with van der Waals surface area (Å²) in [6, 6.07) is 47.9. The van der Waals surface area contributed by atoms with Crippen molar-refractivity contribution >= 4 is 43.2 Å². The van der Waals surface area contributed by atoms with Crippen LogP contribution in [0.15, 0.2) is 152 Å². The Balaban J connectivity index is 1.11. The summed E-state index contributed by atoms with van der Waals surface area (Å²) in [4.78, 5) is 43.3. The second-order valence-corrected chi connectivity index (χ2v) is 44.0. The number of carbonyl (C=O) groups excluding carboxylic acids is 3. The maximum atomic E-state index is 15.5. The second-order valence-electron chi connectivity index (χ2n) is 29.6. The average Bonchev–Trinajstić information content (AvgIpc) is 1.43. The van der Waals surface area contributed by atoms with Gasteiger partial charge in [0.15, 0.2) is 18.7 Å². The van der Waals surface area contributed by atoms with Crippen LogP contribution in [0.3, 0.4) is 0 Å². The van der Waals surface area contributed by atoms with Crippen LogP contribution in [0, 0.1) is 0 Å². The Morgan fingerprint density at radius 2 is 1.06 bits per heavy atom. The van der Waals surface area contributed by atoms with E-state index in [4.69, 9.17) is 79.3 Å². The molecule has 1 amide bonds. The summed E-state index contributed by atoms with van der Waals surface area (Å²) in [6.45, 7) is 25.1. The predicted octanol–water partition coefficient (Wildman–Crippen LogP) is 12.1. The summed E-state index contributed by atoms with van der Waals surface area (Å²) in [6.07, 6.45) is -19.7. The van der Waals surface area contributed by atoms with E-state index in [1.54, 1.807) is 0 Å². The van der Waals surface area contributed by atoms with Crippen LogP contribution < -0.4 is 5.32 Å². The van der Waals surface area contributed by atoms with Crippen molar-refractivity contribution in [3.8, 4) is 0 Å². The fourth-order valence-corrected chi connectivity index (χ4v) is 26.0. The molecule has 16 atom stereocenters. The second kappa shape index (κ2) is 36.1. The van der Waals surface area contributed by atoms with Gasteiger partial charge >= 0.3 is 35.2 Å². The molecule has 5 aromatic carbocycles. The van der Waals surface area contributed by atoms with Crippen LogP contribution >= 0.6 is 0 Å². The Morgan fingerprint density at radius 1 is 0.598 bits per heavy atom. The van der Waals surface area contributed by atoms with Gasteiger partial charge in [0.05, 0.1) is 72.4 Å². The summed E-state index contributed by atoms with van der Waals surface area (Å²) in [5.74, 6) is -4.43. The number of carbonyl (C=O) groups is 3. The molecule has 22 nitrogen and oxygen atoms in total. The smallest absolute Gasteiger partial charge is 0.407 e. The quantitative estimate of drug-likeness (QED) is 0.0225. The summed E-state index contributed by atoms with van der Waals surface area (Å²) >= 11 is 0. The lowest BCUT2D eigenvalue weighted by molar-refractivity contribution is -0.394. The molecular formula is C77H107NO21Si3. The molecule has 5 saturated heterocycles. The largest absolute Gasteiger partial charge is 0.465 e. The van der Waals surface area contributed by atoms with Crippen molar-refractivity contribution in [1.82, 2.24) is 5.32 Å². The topological polar surface area (TPSA) is 240 Å². The molecule has 0 saturated carbocycles. The number of aliphatic hydroxyl groups excluding tert-OH is 1. The summed E-state index contributed by atoms with van der Waals surface area (Å²) in [7, 11) is -7.14. The van der Waals surface area contributed by atoms with Gasteiger partial charge in [-0.2, -0.15) is 0 Å². The summed E-state index contributed by atoms with van der Waals surface area (Å²) < 4.78 is 118. The maximum Gasteiger partial charge on any atom is 0.407 e. The molecular weight excluding hydrogens is 1360 g/mol. The molecule has 5 aromatic rings. The minimum absolute atomic E-state index is 0.0416. The fourth-order valence-electron chi connectivity index (χ4n) is 14.1. The normalized spacial score (nSPS) is 29.0. The van der Waals surface area contributed by atoms with Crippen molar-refractivity contribution in [2.24, 2.45) is 0 Å². The highest BCUT2D eigenvalue weighted by molar-refractivity contribution is 6.84. The van der Waals surface area contributed by atoms with Crippen molar-refractivity contribution in [3.63, 3.8) is 0 Å². The van der Waals surface area contributed by atoms with E-state index >= 15 is 4.79 Å². The van der Waals surface area contributed by atoms with E-state index in [-0.39, 0.29) is 75.0 Å². The van der Waals surface area contributed by atoms with Crippen LogP contribution in [0.2, 0.25) is 47.8 Å². The van der Waals surface area contributed by atoms with Crippen LogP contribution in [0.5, 0.6) is 0 Å². The van der Waals surface area contributed by atoms with Gasteiger partial charge in [0.25, 0.3) is 5.79 Å². The average molecular weight is 1470 g/mol. The number of benzene rings is 5. The van der Waals surface area contributed by atoms with E-state index in [2.05, 4.69) is 80.3 Å². The number of nitrogens with one attached hydrogen (secondary N) is 1. The van der Waals surface area contributed by atoms with E-state index in [0.29, 0.717) is 6.61 Å². The lowest BCUT2D eigenvalue weighted by Crippen LogP contribution is -2.70. The third kappa shape index (κ3) is 19.7. The molecule has 2 N–H and O–H groups in total. The van der Waals surface area contributed by atoms with Crippen molar-refractivity contribution in [2.75, 3.05) is 33.5 Å². The third-order valence-electron chi connectivity index (χ3n) is 19.5. The number of methoxy groups -OCH3 is 1. The molecule has 5 aliphatic rings. The molecule has 558 valence electrons. The molecule has 10 rings (SSSR count). The highest BCUT2D eigenvalue weighted by Crippen LogP contribution is 2.49. The molecule has 102 heavy (non-hydrogen) atoms. The zero-order valence-corrected chi connectivity index (χ0v) is 64.3. The SMILES string of the molecule is COC(=O)[C@]1(O[C@H]2[C@@H](O)[C@@H](COCc3ccccc3)O[C@@H](O[C@H]3[C@H](OCc4ccccc4)[C@@H](OCc4ccccc4)[C@H](OCC[Si](C)(C)C)O[C@@H]3COCc3ccccc3)[C@@H]2OCc2ccccc2)C[C@@H]2OC(=O)N[C@H]2[C@H]([C@H](OC(C)=O)[C@H]2CO[Si](C(C)C)(C(C)C)O[Si](C(C)C)(C(C)C)O2)O1. The summed E-state index contributed by atoms with van der Waals surface area (Å²) in [5, 5.41) is 16.3. The number of alkyl carbamates (subject to hydrolysis) is 1. The standard InChI is InChI=1S/C77H107NO21Si3/c1-50(2)101(51(3)4)90-49-63(98-102(99-101,52(5)6)53(7)8)67(91-54(9)79)68-64-60(94-76(82)78-64)41-77(96-68,75(81)83-10)97-69-65(80)61(47-84-42-55-29-19-14-20-30-55)92-74(71(69)88-45-58-35-25-17-26-36-58)95-66-62(48-85-43-56-31-21-15-22-32-56)93-73(86-39-40-100(11,12)13)72(89-46-59-37-27-18-28-38-59)70(66)87-44-57-33-23-16-24-34-57/h14-38,50-53,60-74,80H,39-49H2,1-13H3,(H,78,82)/t60-,61+,62+,63+,64+,65-,66+,67+,68+,69-,70-,71+,72+,73+,74-,77+/m0/s1. The van der Waals surface area contributed by atoms with Crippen molar-refractivity contribution in [2.45, 2.75) is 247 Å². The first-order valence-electron chi connectivity index (χ1n) is 36.0. The van der Waals surface area contributed by atoms with Crippen molar-refractivity contribution < 1.29 is 98.8 Å². The van der Waals surface area contributed by atoms with Crippen LogP contribution in [-0.4, -0.2) is 180 Å². The monoisotopic (exact) mass is 1470 g/mol. The fraction of sp³-hybridized carbons (Fsp3) is 0.571. The third-order valence-corrected chi connectivity index (χ3v) is 31.5. The zero-order chi connectivity index (χ0) is 72.8. The van der Waals surface area contributed by atoms with Crippen LogP contribution in [-0.2, 0) is 122 Å². The lowest BCUT2D eigenvalue weighted by Gasteiger charge is -2.52. The van der Waals surface area contributed by atoms with Gasteiger partial charge in [-0.15, -0.1) is 0 Å². The Bertz CT molecular complexity index is 3360. The maximum absolute atomic E-state index is 15.5. The van der Waals surface area contributed by atoms with Crippen LogP contribution in [0.1, 0.15) is 96.6 Å². The number of rotatable bonds is 33. The number of hydrogen-bond donors (Lipinski definition) is 2. The number of ether oxygens (including phenoxy) is 14. The van der Waals surface area contributed by atoms with Gasteiger partial charge in [0, 0.05) is 21.6 Å². The molecule has 0 aromatic heterocycles. The molecule has 25 heteroatoms. The van der Waals surface area contributed by atoms with Gasteiger partial charge in [-0.25, -0.2) is 9.59 Å². The first kappa shape index (κ1) is 78.9. The number of esters is 2. The molecule has 5 fully saturated rings. The zero-order valence-electron chi connectivity index (χ0n) is 61.3. The van der Waals surface area contributed by atoms with Gasteiger partial charge in [-0.1, -0.05) is 227 Å². The van der Waals surface area contributed by atoms with E-state index in [1.807, 2.05) is 152 Å². The van der Waals surface area contributed by atoms with Gasteiger partial charge in [-0.3, -0.25) is 4.79 Å². The highest BCUT2D eigenvalue weighted by atomic mass is 28.5. The molecule has 5 aliphatic heterocycles. The minimum atomic E-state index is -3.44. The number of amides is 1. The Hall–Kier alpha value is -5.64. The minimum Gasteiger partial charge on any atom is -0.465 e. The van der Waals surface area contributed by atoms with Gasteiger partial charge < -0.3 is 89.7 Å². The molecule has 5 heterocycles. The Labute approximate surface area is 604 Å². The first-order chi connectivity index (χ1) is 48.9. The predicted molar refractivity (Wildman–Crippen MR) is 385 cm³/mol. The molecule has 0 bridgehead atoms. The van der Waals surface area contributed by atoms with Gasteiger partial charge in [0.2, 0.25) is 0 Å². The number of fused-ring (bicyclic) bond motifs is 1. The van der Waals surface area contributed by atoms with E-state index in [9.17, 15) is 14.7 Å². The first-order valence-corrected chi connectivity index (χ1v) is 43.6. The molecule has 0 radical (unpaired) electrons. The Morgan fingerprint density at radius 3 is 1.53 bits per heavy atom. The van der Waals surface area contributed by atoms with E-state index < -0.39 is 147 Å². The van der Waals surface area contributed by atoms with E-state index in [1.165, 1.54) is 14.0 Å². The van der Waals surface area contributed by atoms with Crippen molar-refractivity contribution in [3.05, 3.63) is 179 Å². The highest BCUT2D eigenvalue weighted by Gasteiger charge is 2.66. The molecule has 0 spiro atoms. The molecule has 0 aliphatic carbocycles. The molecule has 0 unspecified atom stereocenters.